The Morgan fingerprint density at radius 3 is 2.75 bits per heavy atom. The lowest BCUT2D eigenvalue weighted by atomic mass is 10.1. The van der Waals surface area contributed by atoms with E-state index in [2.05, 4.69) is 5.32 Å². The first kappa shape index (κ1) is 15.4. The minimum absolute atomic E-state index is 0.0248. The maximum Gasteiger partial charge on any atom is 0.243 e. The minimum Gasteiger partial charge on any atom is -0.315 e. The molecule has 0 spiro atoms. The molecule has 0 radical (unpaired) electrons. The highest BCUT2D eigenvalue weighted by Gasteiger charge is 2.31. The monoisotopic (exact) mass is 300 g/mol. The molecule has 1 aliphatic heterocycles. The van der Waals surface area contributed by atoms with E-state index < -0.39 is 15.8 Å². The van der Waals surface area contributed by atoms with Crippen molar-refractivity contribution < 1.29 is 12.8 Å². The number of benzene rings is 1. The average molecular weight is 300 g/mol. The van der Waals surface area contributed by atoms with Crippen LogP contribution in [0.25, 0.3) is 0 Å². The number of halogens is 1. The molecular formula is C14H21FN2O2S. The smallest absolute Gasteiger partial charge is 0.243 e. The number of sulfonamides is 1. The summed E-state index contributed by atoms with van der Waals surface area (Å²) in [5.74, 6) is -0.413. The third-order valence-corrected chi connectivity index (χ3v) is 5.90. The molecule has 112 valence electrons. The Bertz CT molecular complexity index is 569. The van der Waals surface area contributed by atoms with Crippen LogP contribution in [0, 0.1) is 12.7 Å². The Labute approximate surface area is 120 Å². The lowest BCUT2D eigenvalue weighted by molar-refractivity contribution is 0.274. The van der Waals surface area contributed by atoms with Gasteiger partial charge in [-0.2, -0.15) is 4.31 Å². The van der Waals surface area contributed by atoms with Crippen LogP contribution in [0.3, 0.4) is 0 Å². The van der Waals surface area contributed by atoms with E-state index >= 15 is 0 Å². The predicted molar refractivity (Wildman–Crippen MR) is 76.6 cm³/mol. The van der Waals surface area contributed by atoms with Crippen LogP contribution in [0.4, 0.5) is 4.39 Å². The Hall–Kier alpha value is -0.980. The average Bonchev–Trinajstić information content (AvgIpc) is 2.40. The molecule has 0 bridgehead atoms. The summed E-state index contributed by atoms with van der Waals surface area (Å²) in [7, 11) is -3.57. The summed E-state index contributed by atoms with van der Waals surface area (Å²) in [5.41, 5.74) is 0.451. The second-order valence-electron chi connectivity index (χ2n) is 5.12. The van der Waals surface area contributed by atoms with E-state index in [9.17, 15) is 12.8 Å². The number of hydrogen-bond donors (Lipinski definition) is 1. The summed E-state index contributed by atoms with van der Waals surface area (Å²) >= 11 is 0. The molecule has 0 saturated carbocycles. The first-order valence-corrected chi connectivity index (χ1v) is 8.39. The highest BCUT2D eigenvalue weighted by Crippen LogP contribution is 2.24. The summed E-state index contributed by atoms with van der Waals surface area (Å²) < 4.78 is 40.2. The molecule has 1 unspecified atom stereocenters. The number of likely N-dealkylation sites (N-methyl/N-ethyl adjacent to an activating group) is 1. The van der Waals surface area contributed by atoms with Gasteiger partial charge in [-0.15, -0.1) is 0 Å². The Kier molecular flexibility index (Phi) is 4.78. The molecule has 6 heteroatoms. The van der Waals surface area contributed by atoms with Crippen molar-refractivity contribution in [2.24, 2.45) is 0 Å². The van der Waals surface area contributed by atoms with Crippen molar-refractivity contribution in [3.8, 4) is 0 Å². The lowest BCUT2D eigenvalue weighted by Gasteiger charge is -2.33. The van der Waals surface area contributed by atoms with Crippen LogP contribution in [0.1, 0.15) is 25.3 Å². The fourth-order valence-corrected chi connectivity index (χ4v) is 4.60. The zero-order valence-electron chi connectivity index (χ0n) is 11.9. The van der Waals surface area contributed by atoms with E-state index in [0.29, 0.717) is 18.7 Å². The summed E-state index contributed by atoms with van der Waals surface area (Å²) in [6, 6.07) is 3.80. The molecule has 1 atom stereocenters. The van der Waals surface area contributed by atoms with Gasteiger partial charge < -0.3 is 5.32 Å². The van der Waals surface area contributed by atoms with Gasteiger partial charge >= 0.3 is 0 Å². The van der Waals surface area contributed by atoms with Crippen LogP contribution in [-0.4, -0.2) is 38.4 Å². The molecular weight excluding hydrogens is 279 g/mol. The maximum absolute atomic E-state index is 13.2. The van der Waals surface area contributed by atoms with Crippen LogP contribution < -0.4 is 5.32 Å². The Balaban J connectivity index is 2.35. The summed E-state index contributed by atoms with van der Waals surface area (Å²) in [5, 5.41) is 3.23. The summed E-state index contributed by atoms with van der Waals surface area (Å²) in [4.78, 5) is 0.200. The SMILES string of the molecule is CCN(C1CCCNC1)S(=O)(=O)c1ccc(F)cc1C. The predicted octanol–water partition coefficient (Wildman–Crippen LogP) is 1.90. The standard InChI is InChI=1S/C14H21FN2O2S/c1-3-17(13-5-4-8-16-10-13)20(18,19)14-7-6-12(15)9-11(14)2/h6-7,9,13,16H,3-5,8,10H2,1-2H3. The number of hydrogen-bond acceptors (Lipinski definition) is 3. The summed E-state index contributed by atoms with van der Waals surface area (Å²) in [6.07, 6.45) is 1.83. The van der Waals surface area contributed by atoms with E-state index in [-0.39, 0.29) is 10.9 Å². The van der Waals surface area contributed by atoms with Crippen LogP contribution in [0.2, 0.25) is 0 Å². The van der Waals surface area contributed by atoms with Crippen molar-refractivity contribution in [3.05, 3.63) is 29.6 Å². The first-order chi connectivity index (χ1) is 9.46. The molecule has 0 aliphatic carbocycles. The van der Waals surface area contributed by atoms with E-state index in [1.807, 2.05) is 6.92 Å². The van der Waals surface area contributed by atoms with Crippen LogP contribution in [0.15, 0.2) is 23.1 Å². The van der Waals surface area contributed by atoms with Gasteiger partial charge in [-0.05, 0) is 50.1 Å². The second kappa shape index (κ2) is 6.20. The number of aryl methyl sites for hydroxylation is 1. The quantitative estimate of drug-likeness (QED) is 0.924. The number of nitrogens with zero attached hydrogens (tertiary/aromatic N) is 1. The Morgan fingerprint density at radius 1 is 1.45 bits per heavy atom. The van der Waals surface area contributed by atoms with Crippen LogP contribution in [-0.2, 0) is 10.0 Å². The normalized spacial score (nSPS) is 20.3. The first-order valence-electron chi connectivity index (χ1n) is 6.95. The number of rotatable bonds is 4. The van der Waals surface area contributed by atoms with Crippen LogP contribution >= 0.6 is 0 Å². The molecule has 1 aromatic rings. The van der Waals surface area contributed by atoms with Gasteiger partial charge in [0.15, 0.2) is 0 Å². The molecule has 2 rings (SSSR count). The van der Waals surface area contributed by atoms with Gasteiger partial charge in [-0.1, -0.05) is 6.92 Å². The number of piperidine rings is 1. The molecule has 20 heavy (non-hydrogen) atoms. The second-order valence-corrected chi connectivity index (χ2v) is 6.98. The van der Waals surface area contributed by atoms with Gasteiger partial charge in [-0.3, -0.25) is 0 Å². The zero-order chi connectivity index (χ0) is 14.8. The van der Waals surface area contributed by atoms with Crippen molar-refractivity contribution in [1.29, 1.82) is 0 Å². The van der Waals surface area contributed by atoms with Crippen molar-refractivity contribution in [1.82, 2.24) is 9.62 Å². The molecule has 0 amide bonds. The minimum atomic E-state index is -3.57. The van der Waals surface area contributed by atoms with E-state index in [4.69, 9.17) is 0 Å². The van der Waals surface area contributed by atoms with Gasteiger partial charge in [0.25, 0.3) is 0 Å². The molecule has 1 aromatic carbocycles. The molecule has 1 fully saturated rings. The van der Waals surface area contributed by atoms with Gasteiger partial charge in [-0.25, -0.2) is 12.8 Å². The maximum atomic E-state index is 13.2. The highest BCUT2D eigenvalue weighted by molar-refractivity contribution is 7.89. The van der Waals surface area contributed by atoms with Crippen molar-refractivity contribution in [2.45, 2.75) is 37.6 Å². The molecule has 4 nitrogen and oxygen atoms in total. The summed E-state index contributed by atoms with van der Waals surface area (Å²) in [6.45, 7) is 5.50. The molecule has 1 aliphatic rings. The third-order valence-electron chi connectivity index (χ3n) is 3.71. The van der Waals surface area contributed by atoms with Gasteiger partial charge in [0, 0.05) is 19.1 Å². The Morgan fingerprint density at radius 2 is 2.20 bits per heavy atom. The lowest BCUT2D eigenvalue weighted by Crippen LogP contribution is -2.48. The largest absolute Gasteiger partial charge is 0.315 e. The van der Waals surface area contributed by atoms with Gasteiger partial charge in [0.05, 0.1) is 4.90 Å². The van der Waals surface area contributed by atoms with E-state index in [1.165, 1.54) is 22.5 Å². The molecule has 1 heterocycles. The van der Waals surface area contributed by atoms with Crippen molar-refractivity contribution in [2.75, 3.05) is 19.6 Å². The molecule has 0 aromatic heterocycles. The van der Waals surface area contributed by atoms with Crippen LogP contribution in [0.5, 0.6) is 0 Å². The van der Waals surface area contributed by atoms with Gasteiger partial charge in [0.2, 0.25) is 10.0 Å². The molecule has 1 N–H and O–H groups in total. The fraction of sp³-hybridized carbons (Fsp3) is 0.571. The van der Waals surface area contributed by atoms with Crippen molar-refractivity contribution in [3.63, 3.8) is 0 Å². The zero-order valence-corrected chi connectivity index (χ0v) is 12.7. The number of nitrogens with one attached hydrogen (secondary N) is 1. The van der Waals surface area contributed by atoms with Gasteiger partial charge in [0.1, 0.15) is 5.82 Å². The highest BCUT2D eigenvalue weighted by atomic mass is 32.2. The van der Waals surface area contributed by atoms with Crippen molar-refractivity contribution >= 4 is 10.0 Å². The fourth-order valence-electron chi connectivity index (χ4n) is 2.73. The third kappa shape index (κ3) is 3.02. The topological polar surface area (TPSA) is 49.4 Å². The van der Waals surface area contributed by atoms with E-state index in [1.54, 1.807) is 6.92 Å². The molecule has 1 saturated heterocycles. The van der Waals surface area contributed by atoms with E-state index in [0.717, 1.165) is 19.4 Å².